The second-order valence-corrected chi connectivity index (χ2v) is 5.29. The molecule has 0 saturated heterocycles. The maximum absolute atomic E-state index is 12.1. The zero-order valence-electron chi connectivity index (χ0n) is 11.8. The highest BCUT2D eigenvalue weighted by Gasteiger charge is 2.28. The molecule has 1 aliphatic heterocycles. The van der Waals surface area contributed by atoms with Gasteiger partial charge < -0.3 is 15.4 Å². The van der Waals surface area contributed by atoms with Crippen molar-refractivity contribution < 1.29 is 9.53 Å². The van der Waals surface area contributed by atoms with Gasteiger partial charge >= 0.3 is 0 Å². The Balaban J connectivity index is 1.44. The highest BCUT2D eigenvalue weighted by molar-refractivity contribution is 6.30. The van der Waals surface area contributed by atoms with Crippen LogP contribution in [0.2, 0.25) is 5.02 Å². The smallest absolute Gasteiger partial charge is 0.261 e. The quantitative estimate of drug-likeness (QED) is 0.820. The molecule has 2 N–H and O–H groups in total. The topological polar surface area (TPSA) is 76.1 Å². The maximum atomic E-state index is 12.1. The summed E-state index contributed by atoms with van der Waals surface area (Å²) in [5.41, 5.74) is 0.962. The van der Waals surface area contributed by atoms with Gasteiger partial charge in [-0.25, -0.2) is 9.97 Å². The molecule has 1 aromatic carbocycles. The molecule has 1 unspecified atom stereocenters. The van der Waals surface area contributed by atoms with Crippen molar-refractivity contribution in [2.45, 2.75) is 12.5 Å². The first kappa shape index (κ1) is 14.6. The minimum Gasteiger partial charge on any atom is -0.480 e. The minimum absolute atomic E-state index is 0.136. The number of anilines is 1. The summed E-state index contributed by atoms with van der Waals surface area (Å²) in [6, 6.07) is 7.12. The Labute approximate surface area is 132 Å². The SMILES string of the molecule is O=C(NCCNc1ncccn1)C1Cc2cc(Cl)ccc2O1. The normalized spacial score (nSPS) is 15.8. The monoisotopic (exact) mass is 318 g/mol. The Morgan fingerprint density at radius 3 is 2.95 bits per heavy atom. The van der Waals surface area contributed by atoms with Crippen LogP contribution in [0.1, 0.15) is 5.56 Å². The Morgan fingerprint density at radius 1 is 1.32 bits per heavy atom. The molecular formula is C15H15ClN4O2. The molecule has 1 amide bonds. The van der Waals surface area contributed by atoms with Crippen molar-refractivity contribution in [3.05, 3.63) is 47.2 Å². The molecular weight excluding hydrogens is 304 g/mol. The lowest BCUT2D eigenvalue weighted by molar-refractivity contribution is -0.127. The van der Waals surface area contributed by atoms with Crippen LogP contribution < -0.4 is 15.4 Å². The largest absolute Gasteiger partial charge is 0.480 e. The number of fused-ring (bicyclic) bond motifs is 1. The standard InChI is InChI=1S/C15H15ClN4O2/c16-11-2-3-12-10(8-11)9-13(22-12)14(21)17-6-7-20-15-18-4-1-5-19-15/h1-5,8,13H,6-7,9H2,(H,17,21)(H,18,19,20). The number of hydrogen-bond acceptors (Lipinski definition) is 5. The fraction of sp³-hybridized carbons (Fsp3) is 0.267. The van der Waals surface area contributed by atoms with E-state index in [1.807, 2.05) is 6.07 Å². The fourth-order valence-corrected chi connectivity index (χ4v) is 2.42. The third-order valence-corrected chi connectivity index (χ3v) is 3.50. The molecule has 1 aliphatic rings. The van der Waals surface area contributed by atoms with Gasteiger partial charge in [0.1, 0.15) is 5.75 Å². The number of ether oxygens (including phenoxy) is 1. The van der Waals surface area contributed by atoms with Gasteiger partial charge in [-0.1, -0.05) is 11.6 Å². The van der Waals surface area contributed by atoms with Crippen LogP contribution in [0.25, 0.3) is 0 Å². The molecule has 0 aliphatic carbocycles. The highest BCUT2D eigenvalue weighted by Crippen LogP contribution is 2.30. The predicted octanol–water partition coefficient (Wildman–Crippen LogP) is 1.66. The fourth-order valence-electron chi connectivity index (χ4n) is 2.23. The average molecular weight is 319 g/mol. The van der Waals surface area contributed by atoms with Crippen LogP contribution in [0.5, 0.6) is 5.75 Å². The van der Waals surface area contributed by atoms with E-state index in [0.29, 0.717) is 30.5 Å². The molecule has 2 heterocycles. The van der Waals surface area contributed by atoms with Crippen LogP contribution in [0, 0.1) is 0 Å². The molecule has 0 fully saturated rings. The minimum atomic E-state index is -0.499. The van der Waals surface area contributed by atoms with Crippen LogP contribution >= 0.6 is 11.6 Å². The molecule has 1 atom stereocenters. The third kappa shape index (κ3) is 3.46. The first-order valence-electron chi connectivity index (χ1n) is 6.96. The Kier molecular flexibility index (Phi) is 4.39. The average Bonchev–Trinajstić information content (AvgIpc) is 2.95. The summed E-state index contributed by atoms with van der Waals surface area (Å²) in [5, 5.41) is 6.50. The Hall–Kier alpha value is -2.34. The first-order valence-corrected chi connectivity index (χ1v) is 7.34. The van der Waals surface area contributed by atoms with Crippen LogP contribution in [-0.4, -0.2) is 35.1 Å². The number of nitrogens with one attached hydrogen (secondary N) is 2. The number of carbonyl (C=O) groups excluding carboxylic acids is 1. The summed E-state index contributed by atoms with van der Waals surface area (Å²) in [6.07, 6.45) is 3.35. The summed E-state index contributed by atoms with van der Waals surface area (Å²) in [5.74, 6) is 1.12. The lowest BCUT2D eigenvalue weighted by Gasteiger charge is -2.11. The molecule has 22 heavy (non-hydrogen) atoms. The van der Waals surface area contributed by atoms with Crippen LogP contribution in [0.15, 0.2) is 36.7 Å². The van der Waals surface area contributed by atoms with E-state index in [4.69, 9.17) is 16.3 Å². The second-order valence-electron chi connectivity index (χ2n) is 4.85. The second kappa shape index (κ2) is 6.62. The van der Waals surface area contributed by atoms with Gasteiger partial charge in [0, 0.05) is 36.9 Å². The Morgan fingerprint density at radius 2 is 2.14 bits per heavy atom. The highest BCUT2D eigenvalue weighted by atomic mass is 35.5. The van der Waals surface area contributed by atoms with Crippen molar-refractivity contribution in [2.24, 2.45) is 0 Å². The van der Waals surface area contributed by atoms with E-state index in [1.54, 1.807) is 30.6 Å². The van der Waals surface area contributed by atoms with Gasteiger partial charge in [-0.15, -0.1) is 0 Å². The number of carbonyl (C=O) groups is 1. The molecule has 3 rings (SSSR count). The molecule has 0 spiro atoms. The van der Waals surface area contributed by atoms with E-state index >= 15 is 0 Å². The van der Waals surface area contributed by atoms with E-state index in [1.165, 1.54) is 0 Å². The molecule has 6 nitrogen and oxygen atoms in total. The number of hydrogen-bond donors (Lipinski definition) is 2. The molecule has 2 aromatic rings. The number of nitrogens with zero attached hydrogens (tertiary/aromatic N) is 2. The third-order valence-electron chi connectivity index (χ3n) is 3.26. The van der Waals surface area contributed by atoms with Gasteiger partial charge in [-0.2, -0.15) is 0 Å². The molecule has 0 radical (unpaired) electrons. The number of rotatable bonds is 5. The van der Waals surface area contributed by atoms with Crippen LogP contribution in [0.4, 0.5) is 5.95 Å². The van der Waals surface area contributed by atoms with Crippen molar-refractivity contribution in [2.75, 3.05) is 18.4 Å². The van der Waals surface area contributed by atoms with Gasteiger partial charge in [0.25, 0.3) is 5.91 Å². The first-order chi connectivity index (χ1) is 10.7. The summed E-state index contributed by atoms with van der Waals surface area (Å²) >= 11 is 5.94. The van der Waals surface area contributed by atoms with E-state index in [0.717, 1.165) is 11.3 Å². The molecule has 1 aromatic heterocycles. The van der Waals surface area contributed by atoms with E-state index < -0.39 is 6.10 Å². The zero-order valence-corrected chi connectivity index (χ0v) is 12.5. The Bertz CT molecular complexity index is 666. The van der Waals surface area contributed by atoms with E-state index in [-0.39, 0.29) is 5.91 Å². The van der Waals surface area contributed by atoms with Crippen molar-refractivity contribution in [1.29, 1.82) is 0 Å². The molecule has 0 saturated carbocycles. The van der Waals surface area contributed by atoms with Gasteiger partial charge in [-0.05, 0) is 29.8 Å². The van der Waals surface area contributed by atoms with E-state index in [9.17, 15) is 4.79 Å². The number of halogens is 1. The zero-order chi connectivity index (χ0) is 15.4. The molecule has 0 bridgehead atoms. The molecule has 7 heteroatoms. The van der Waals surface area contributed by atoms with Gasteiger partial charge in [0.15, 0.2) is 6.10 Å². The predicted molar refractivity (Wildman–Crippen MR) is 83.1 cm³/mol. The summed E-state index contributed by atoms with van der Waals surface area (Å²) in [4.78, 5) is 20.2. The van der Waals surface area contributed by atoms with E-state index in [2.05, 4.69) is 20.6 Å². The number of amides is 1. The molecule has 114 valence electrons. The summed E-state index contributed by atoms with van der Waals surface area (Å²) < 4.78 is 5.62. The van der Waals surface area contributed by atoms with Gasteiger partial charge in [-0.3, -0.25) is 4.79 Å². The summed E-state index contributed by atoms with van der Waals surface area (Å²) in [6.45, 7) is 1.01. The lowest BCUT2D eigenvalue weighted by atomic mass is 10.1. The maximum Gasteiger partial charge on any atom is 0.261 e. The van der Waals surface area contributed by atoms with Crippen molar-refractivity contribution in [1.82, 2.24) is 15.3 Å². The van der Waals surface area contributed by atoms with Crippen molar-refractivity contribution in [3.63, 3.8) is 0 Å². The van der Waals surface area contributed by atoms with Gasteiger partial charge in [0.2, 0.25) is 5.95 Å². The van der Waals surface area contributed by atoms with Crippen molar-refractivity contribution in [3.8, 4) is 5.75 Å². The van der Waals surface area contributed by atoms with Crippen LogP contribution in [0.3, 0.4) is 0 Å². The van der Waals surface area contributed by atoms with Crippen LogP contribution in [-0.2, 0) is 11.2 Å². The lowest BCUT2D eigenvalue weighted by Crippen LogP contribution is -2.39. The van der Waals surface area contributed by atoms with Crippen molar-refractivity contribution >= 4 is 23.5 Å². The number of aromatic nitrogens is 2. The summed E-state index contributed by atoms with van der Waals surface area (Å²) in [7, 11) is 0. The number of benzene rings is 1. The van der Waals surface area contributed by atoms with Gasteiger partial charge in [0.05, 0.1) is 0 Å².